The van der Waals surface area contributed by atoms with Crippen LogP contribution in [0, 0.1) is 6.92 Å². The van der Waals surface area contributed by atoms with E-state index in [1.165, 1.54) is 4.88 Å². The molecule has 1 aliphatic heterocycles. The predicted molar refractivity (Wildman–Crippen MR) is 95.0 cm³/mol. The molecule has 2 aromatic heterocycles. The molecule has 0 spiro atoms. The van der Waals surface area contributed by atoms with E-state index in [-0.39, 0.29) is 11.9 Å². The monoisotopic (exact) mass is 329 g/mol. The van der Waals surface area contributed by atoms with Crippen molar-refractivity contribution in [1.29, 1.82) is 0 Å². The van der Waals surface area contributed by atoms with Crippen LogP contribution in [0.15, 0.2) is 36.5 Å². The van der Waals surface area contributed by atoms with Crippen LogP contribution in [0.2, 0.25) is 0 Å². The number of thiophene rings is 1. The van der Waals surface area contributed by atoms with Crippen LogP contribution < -0.4 is 4.90 Å². The average molecular weight is 329 g/mol. The molecule has 0 unspecified atom stereocenters. The van der Waals surface area contributed by atoms with Gasteiger partial charge in [0.1, 0.15) is 5.82 Å². The predicted octanol–water partition coefficient (Wildman–Crippen LogP) is 3.12. The molecule has 0 N–H and O–H groups in total. The van der Waals surface area contributed by atoms with Crippen LogP contribution in [0.3, 0.4) is 0 Å². The molecule has 3 heterocycles. The van der Waals surface area contributed by atoms with Crippen molar-refractivity contribution < 1.29 is 4.79 Å². The molecule has 0 saturated carbocycles. The van der Waals surface area contributed by atoms with Crippen molar-refractivity contribution in [2.45, 2.75) is 32.2 Å². The normalized spacial score (nSPS) is 18.0. The van der Waals surface area contributed by atoms with E-state index in [1.54, 1.807) is 11.3 Å². The van der Waals surface area contributed by atoms with Crippen molar-refractivity contribution in [2.75, 3.05) is 25.0 Å². The number of hydrogen-bond acceptors (Lipinski definition) is 4. The van der Waals surface area contributed by atoms with Gasteiger partial charge in [-0.25, -0.2) is 4.98 Å². The van der Waals surface area contributed by atoms with Gasteiger partial charge in [0.05, 0.1) is 6.42 Å². The third-order valence-corrected chi connectivity index (χ3v) is 5.43. The number of rotatable bonds is 4. The number of aryl methyl sites for hydroxylation is 1. The van der Waals surface area contributed by atoms with Crippen molar-refractivity contribution >= 4 is 23.1 Å². The minimum Gasteiger partial charge on any atom is -0.355 e. The van der Waals surface area contributed by atoms with E-state index in [2.05, 4.69) is 28.9 Å². The molecule has 5 heteroatoms. The van der Waals surface area contributed by atoms with Gasteiger partial charge in [-0.1, -0.05) is 6.07 Å². The number of aromatic nitrogens is 1. The van der Waals surface area contributed by atoms with Crippen molar-refractivity contribution in [2.24, 2.45) is 0 Å². The van der Waals surface area contributed by atoms with Crippen LogP contribution >= 0.6 is 11.3 Å². The van der Waals surface area contributed by atoms with E-state index < -0.39 is 0 Å². The second kappa shape index (κ2) is 7.13. The highest BCUT2D eigenvalue weighted by atomic mass is 32.1. The van der Waals surface area contributed by atoms with E-state index in [0.29, 0.717) is 6.42 Å². The third-order valence-electron chi connectivity index (χ3n) is 4.43. The minimum absolute atomic E-state index is 0.208. The van der Waals surface area contributed by atoms with Crippen molar-refractivity contribution in [3.8, 4) is 0 Å². The van der Waals surface area contributed by atoms with Crippen molar-refractivity contribution in [3.63, 3.8) is 0 Å². The molecular weight excluding hydrogens is 306 g/mol. The largest absolute Gasteiger partial charge is 0.355 e. The van der Waals surface area contributed by atoms with E-state index in [1.807, 2.05) is 36.3 Å². The van der Waals surface area contributed by atoms with E-state index >= 15 is 0 Å². The maximum atomic E-state index is 12.6. The maximum Gasteiger partial charge on any atom is 0.227 e. The van der Waals surface area contributed by atoms with Crippen LogP contribution in [0.4, 0.5) is 5.82 Å². The van der Waals surface area contributed by atoms with Gasteiger partial charge in [-0.05, 0) is 44.0 Å². The molecule has 0 aliphatic carbocycles. The molecule has 0 radical (unpaired) electrons. The fourth-order valence-corrected chi connectivity index (χ4v) is 3.96. The number of pyridine rings is 1. The molecule has 3 rings (SSSR count). The lowest BCUT2D eigenvalue weighted by molar-refractivity contribution is -0.131. The Kier molecular flexibility index (Phi) is 4.96. The molecular formula is C18H23N3OS. The molecule has 2 aromatic rings. The Morgan fingerprint density at radius 2 is 2.26 bits per heavy atom. The molecule has 122 valence electrons. The molecule has 1 fully saturated rings. The van der Waals surface area contributed by atoms with Gasteiger partial charge in [-0.3, -0.25) is 4.79 Å². The summed E-state index contributed by atoms with van der Waals surface area (Å²) in [4.78, 5) is 23.6. The summed E-state index contributed by atoms with van der Waals surface area (Å²) in [5.74, 6) is 1.21. The summed E-state index contributed by atoms with van der Waals surface area (Å²) >= 11 is 1.71. The van der Waals surface area contributed by atoms with E-state index in [4.69, 9.17) is 0 Å². The van der Waals surface area contributed by atoms with Crippen LogP contribution in [0.1, 0.15) is 22.6 Å². The maximum absolute atomic E-state index is 12.6. The second-order valence-corrected chi connectivity index (χ2v) is 7.50. The zero-order chi connectivity index (χ0) is 16.2. The Balaban J connectivity index is 1.62. The molecule has 1 atom stereocenters. The van der Waals surface area contributed by atoms with E-state index in [0.717, 1.165) is 36.6 Å². The van der Waals surface area contributed by atoms with Gasteiger partial charge in [0, 0.05) is 42.1 Å². The number of nitrogens with zero attached hydrogens (tertiary/aromatic N) is 3. The smallest absolute Gasteiger partial charge is 0.227 e. The first kappa shape index (κ1) is 16.0. The molecule has 0 bridgehead atoms. The second-order valence-electron chi connectivity index (χ2n) is 6.12. The summed E-state index contributed by atoms with van der Waals surface area (Å²) in [5.41, 5.74) is 0. The number of hydrogen-bond donors (Lipinski definition) is 0. The lowest BCUT2D eigenvalue weighted by Gasteiger charge is -2.38. The summed E-state index contributed by atoms with van der Waals surface area (Å²) < 4.78 is 0. The van der Waals surface area contributed by atoms with Crippen LogP contribution in [-0.2, 0) is 11.2 Å². The number of piperidine rings is 1. The van der Waals surface area contributed by atoms with Gasteiger partial charge >= 0.3 is 0 Å². The summed E-state index contributed by atoms with van der Waals surface area (Å²) in [6.07, 6.45) is 4.49. The highest BCUT2D eigenvalue weighted by Crippen LogP contribution is 2.21. The summed E-state index contributed by atoms with van der Waals surface area (Å²) in [6.45, 7) is 3.95. The SMILES string of the molecule is Cc1ccc(CC(=O)N(C)[C@@H]2CCCN(c3ccccn3)C2)s1. The molecule has 1 aliphatic rings. The lowest BCUT2D eigenvalue weighted by Crippen LogP contribution is -2.49. The fourth-order valence-electron chi connectivity index (χ4n) is 3.08. The zero-order valence-corrected chi connectivity index (χ0v) is 14.6. The number of anilines is 1. The Labute approximate surface area is 141 Å². The number of carbonyl (C=O) groups is 1. The quantitative estimate of drug-likeness (QED) is 0.865. The van der Waals surface area contributed by atoms with Crippen LogP contribution in [0.5, 0.6) is 0 Å². The molecule has 1 saturated heterocycles. The van der Waals surface area contributed by atoms with E-state index in [9.17, 15) is 4.79 Å². The van der Waals surface area contributed by atoms with Crippen LogP contribution in [-0.4, -0.2) is 42.0 Å². The van der Waals surface area contributed by atoms with Crippen molar-refractivity contribution in [3.05, 3.63) is 46.3 Å². The average Bonchev–Trinajstić information content (AvgIpc) is 3.00. The van der Waals surface area contributed by atoms with Gasteiger partial charge in [0.25, 0.3) is 0 Å². The third kappa shape index (κ3) is 3.91. The van der Waals surface area contributed by atoms with Gasteiger partial charge in [-0.2, -0.15) is 0 Å². The standard InChI is InChI=1S/C18H23N3OS/c1-14-8-9-16(23-14)12-18(22)20(2)15-6-5-11-21(13-15)17-7-3-4-10-19-17/h3-4,7-10,15H,5-6,11-13H2,1-2H3/t15-/m1/s1. The molecule has 23 heavy (non-hydrogen) atoms. The zero-order valence-electron chi connectivity index (χ0n) is 13.7. The number of amides is 1. The molecule has 1 amide bonds. The van der Waals surface area contributed by atoms with Gasteiger partial charge in [0.2, 0.25) is 5.91 Å². The summed E-state index contributed by atoms with van der Waals surface area (Å²) in [5, 5.41) is 0. The summed E-state index contributed by atoms with van der Waals surface area (Å²) in [7, 11) is 1.94. The topological polar surface area (TPSA) is 36.4 Å². The molecule has 4 nitrogen and oxygen atoms in total. The van der Waals surface area contributed by atoms with Gasteiger partial charge in [-0.15, -0.1) is 11.3 Å². The Bertz CT molecular complexity index is 655. The van der Waals surface area contributed by atoms with Gasteiger partial charge < -0.3 is 9.80 Å². The highest BCUT2D eigenvalue weighted by molar-refractivity contribution is 7.12. The van der Waals surface area contributed by atoms with Crippen molar-refractivity contribution in [1.82, 2.24) is 9.88 Å². The minimum atomic E-state index is 0.208. The highest BCUT2D eigenvalue weighted by Gasteiger charge is 2.26. The first-order chi connectivity index (χ1) is 11.1. The fraction of sp³-hybridized carbons (Fsp3) is 0.444. The number of likely N-dealkylation sites (N-methyl/N-ethyl adjacent to an activating group) is 1. The van der Waals surface area contributed by atoms with Crippen LogP contribution in [0.25, 0.3) is 0 Å². The lowest BCUT2D eigenvalue weighted by atomic mass is 10.0. The first-order valence-electron chi connectivity index (χ1n) is 8.10. The first-order valence-corrected chi connectivity index (χ1v) is 8.92. The van der Waals surface area contributed by atoms with Gasteiger partial charge in [0.15, 0.2) is 0 Å². The Morgan fingerprint density at radius 3 is 2.96 bits per heavy atom. The summed E-state index contributed by atoms with van der Waals surface area (Å²) in [6, 6.07) is 10.4. The Hall–Kier alpha value is -1.88. The number of carbonyl (C=O) groups excluding carboxylic acids is 1. The Morgan fingerprint density at radius 1 is 1.39 bits per heavy atom. The molecule has 0 aromatic carbocycles.